The SMILES string of the molecule is COC[C@H]1C[C@@H](c2nc3ccc4cc5c(cc4c3[nH]2)OCc2cc(-c3ccc4nc([C@@H]6CCCN6C(=O)[C@@H](NC(=O)OC)C(C)C)[nH]c4c3)ccc2-5)N(C(=O)[C@@H](NC(O)OC)C(C)C)C1. The number of fused-ring (bicyclic) bond motifs is 7. The summed E-state index contributed by atoms with van der Waals surface area (Å²) in [5.41, 5.74) is 8.64. The minimum absolute atomic E-state index is 0.101. The lowest BCUT2D eigenvalue weighted by Gasteiger charge is -2.31. The Morgan fingerprint density at radius 1 is 0.846 bits per heavy atom. The van der Waals surface area contributed by atoms with Gasteiger partial charge in [-0.25, -0.2) is 14.8 Å². The number of benzene rings is 4. The van der Waals surface area contributed by atoms with Gasteiger partial charge in [0.25, 0.3) is 0 Å². The number of carbonyl (C=O) groups is 3. The number of ether oxygens (including phenoxy) is 4. The zero-order chi connectivity index (χ0) is 45.7. The number of nitrogens with one attached hydrogen (secondary N) is 4. The van der Waals surface area contributed by atoms with Gasteiger partial charge in [-0.3, -0.25) is 14.9 Å². The maximum absolute atomic E-state index is 14.1. The Hall–Kier alpha value is -6.07. The number of nitrogens with zero attached hydrogens (tertiary/aromatic N) is 4. The van der Waals surface area contributed by atoms with Gasteiger partial charge in [-0.1, -0.05) is 52.0 Å². The molecule has 0 spiro atoms. The summed E-state index contributed by atoms with van der Waals surface area (Å²) in [5.74, 6) is 1.85. The number of alkyl carbamates (subject to hydrolysis) is 1. The lowest BCUT2D eigenvalue weighted by molar-refractivity contribution is -0.145. The van der Waals surface area contributed by atoms with E-state index in [0.29, 0.717) is 38.5 Å². The molecule has 6 atom stereocenters. The Labute approximate surface area is 377 Å². The van der Waals surface area contributed by atoms with E-state index >= 15 is 0 Å². The summed E-state index contributed by atoms with van der Waals surface area (Å²) in [6, 6.07) is 19.1. The maximum Gasteiger partial charge on any atom is 0.407 e. The van der Waals surface area contributed by atoms with Crippen LogP contribution in [-0.2, 0) is 30.4 Å². The highest BCUT2D eigenvalue weighted by Crippen LogP contribution is 2.44. The Balaban J connectivity index is 0.971. The number of aromatic nitrogens is 4. The predicted octanol–water partition coefficient (Wildman–Crippen LogP) is 6.94. The van der Waals surface area contributed by atoms with Crippen molar-refractivity contribution < 1.29 is 38.4 Å². The van der Waals surface area contributed by atoms with Crippen molar-refractivity contribution in [1.29, 1.82) is 0 Å². The fourth-order valence-electron chi connectivity index (χ4n) is 9.94. The Morgan fingerprint density at radius 2 is 1.57 bits per heavy atom. The molecule has 0 aliphatic carbocycles. The van der Waals surface area contributed by atoms with Crippen molar-refractivity contribution in [2.45, 2.75) is 84.1 Å². The molecular weight excluding hydrogens is 829 g/mol. The molecule has 6 aromatic rings. The molecule has 2 saturated heterocycles. The first-order chi connectivity index (χ1) is 31.3. The number of hydrogen-bond acceptors (Lipinski definition) is 11. The third-order valence-corrected chi connectivity index (χ3v) is 13.3. The number of rotatable bonds is 13. The standard InChI is InChI=1S/C49H58N8O8/c1-25(2)41(54-48(60)63-6)46(58)56-16-8-9-38(56)44-50-35-14-11-29(20-37(35)52-44)28-10-13-32-31(18-28)24-65-40-21-33-30(19-34(32)40)12-15-36-43(33)53-45(51-36)39-17-27(23-62-5)22-57(39)47(59)42(26(3)4)55-49(61)64-7/h10-15,18-21,25-27,38-39,41-42,49,55,61H,8-9,16-17,22-24H2,1-7H3,(H,50,52)(H,51,53)(H,54,60)/t27-,38-,39-,41-,42-,49?/m0/s1. The molecule has 1 unspecified atom stereocenters. The maximum atomic E-state index is 14.1. The first-order valence-corrected chi connectivity index (χ1v) is 22.5. The quantitative estimate of drug-likeness (QED) is 0.0755. The molecule has 3 amide bonds. The zero-order valence-electron chi connectivity index (χ0n) is 37.9. The average molecular weight is 887 g/mol. The van der Waals surface area contributed by atoms with Crippen LogP contribution >= 0.6 is 0 Å². The molecular formula is C49H58N8O8. The highest BCUT2D eigenvalue weighted by molar-refractivity contribution is 6.07. The van der Waals surface area contributed by atoms with Crippen molar-refractivity contribution in [3.8, 4) is 28.0 Å². The molecule has 65 heavy (non-hydrogen) atoms. The van der Waals surface area contributed by atoms with Gasteiger partial charge in [-0.15, -0.1) is 0 Å². The number of H-pyrrole nitrogens is 2. The number of amides is 3. The van der Waals surface area contributed by atoms with E-state index in [9.17, 15) is 19.5 Å². The molecule has 3 aliphatic heterocycles. The van der Waals surface area contributed by atoms with Gasteiger partial charge < -0.3 is 49.1 Å². The summed E-state index contributed by atoms with van der Waals surface area (Å²) >= 11 is 0. The Bertz CT molecular complexity index is 2770. The van der Waals surface area contributed by atoms with Crippen LogP contribution in [0, 0.1) is 17.8 Å². The second-order valence-corrected chi connectivity index (χ2v) is 18.3. The van der Waals surface area contributed by atoms with Crippen LogP contribution in [-0.4, -0.2) is 112 Å². The van der Waals surface area contributed by atoms with Crippen LogP contribution in [0.3, 0.4) is 0 Å². The van der Waals surface area contributed by atoms with Crippen LogP contribution in [0.5, 0.6) is 5.75 Å². The normalized spacial score (nSPS) is 19.8. The number of hydrogen-bond donors (Lipinski definition) is 5. The van der Waals surface area contributed by atoms with Crippen LogP contribution < -0.4 is 15.4 Å². The van der Waals surface area contributed by atoms with Gasteiger partial charge in [-0.05, 0) is 95.1 Å². The van der Waals surface area contributed by atoms with Gasteiger partial charge in [0.1, 0.15) is 30.0 Å². The fourth-order valence-corrected chi connectivity index (χ4v) is 9.94. The fraction of sp³-hybridized carbons (Fsp3) is 0.449. The van der Waals surface area contributed by atoms with E-state index in [1.807, 2.05) is 49.6 Å². The lowest BCUT2D eigenvalue weighted by atomic mass is 9.91. The number of aliphatic hydroxyl groups excluding tert-OH is 1. The molecule has 16 heteroatoms. The highest BCUT2D eigenvalue weighted by Gasteiger charge is 2.42. The summed E-state index contributed by atoms with van der Waals surface area (Å²) in [4.78, 5) is 60.7. The van der Waals surface area contributed by atoms with Gasteiger partial charge in [0, 0.05) is 44.2 Å². The smallest absolute Gasteiger partial charge is 0.407 e. The second-order valence-electron chi connectivity index (χ2n) is 18.3. The minimum Gasteiger partial charge on any atom is -0.488 e. The van der Waals surface area contributed by atoms with E-state index in [0.717, 1.165) is 85.1 Å². The largest absolute Gasteiger partial charge is 0.488 e. The van der Waals surface area contributed by atoms with Crippen molar-refractivity contribution in [1.82, 2.24) is 40.4 Å². The highest BCUT2D eigenvalue weighted by atomic mass is 16.6. The summed E-state index contributed by atoms with van der Waals surface area (Å²) in [5, 5.41) is 17.9. The van der Waals surface area contributed by atoms with E-state index in [1.54, 1.807) is 7.11 Å². The van der Waals surface area contributed by atoms with Gasteiger partial charge in [0.05, 0.1) is 53.9 Å². The van der Waals surface area contributed by atoms with Gasteiger partial charge in [0.2, 0.25) is 18.2 Å². The molecule has 0 saturated carbocycles. The van der Waals surface area contributed by atoms with Crippen LogP contribution in [0.15, 0.2) is 60.7 Å². The van der Waals surface area contributed by atoms with Crippen molar-refractivity contribution in [2.75, 3.05) is 41.0 Å². The number of likely N-dealkylation sites (tertiary alicyclic amines) is 2. The van der Waals surface area contributed by atoms with Gasteiger partial charge in [-0.2, -0.15) is 0 Å². The molecule has 3 aliphatic rings. The molecule has 9 rings (SSSR count). The summed E-state index contributed by atoms with van der Waals surface area (Å²) < 4.78 is 21.8. The number of carbonyl (C=O) groups excluding carboxylic acids is 3. The van der Waals surface area contributed by atoms with Crippen molar-refractivity contribution in [3.05, 3.63) is 77.9 Å². The first-order valence-electron chi connectivity index (χ1n) is 22.5. The summed E-state index contributed by atoms with van der Waals surface area (Å²) in [6.45, 7) is 9.70. The lowest BCUT2D eigenvalue weighted by Crippen LogP contribution is -2.53. The summed E-state index contributed by atoms with van der Waals surface area (Å²) in [7, 11) is 4.36. The average Bonchev–Trinajstić information content (AvgIpc) is 4.14. The van der Waals surface area contributed by atoms with Gasteiger partial charge in [0.15, 0.2) is 0 Å². The van der Waals surface area contributed by atoms with Crippen molar-refractivity contribution >= 4 is 50.7 Å². The van der Waals surface area contributed by atoms with Crippen molar-refractivity contribution in [2.24, 2.45) is 17.8 Å². The van der Waals surface area contributed by atoms with E-state index in [2.05, 4.69) is 69.1 Å². The van der Waals surface area contributed by atoms with Crippen LogP contribution in [0.25, 0.3) is 55.1 Å². The molecule has 2 fully saturated rings. The molecule has 4 aromatic carbocycles. The monoisotopic (exact) mass is 886 g/mol. The molecule has 2 aromatic heterocycles. The van der Waals surface area contributed by atoms with E-state index in [4.69, 9.17) is 28.9 Å². The van der Waals surface area contributed by atoms with Crippen molar-refractivity contribution in [3.63, 3.8) is 0 Å². The Morgan fingerprint density at radius 3 is 2.32 bits per heavy atom. The van der Waals surface area contributed by atoms with E-state index in [-0.39, 0.29) is 41.7 Å². The third kappa shape index (κ3) is 8.39. The minimum atomic E-state index is -1.27. The molecule has 0 bridgehead atoms. The molecule has 342 valence electrons. The molecule has 16 nitrogen and oxygen atoms in total. The topological polar surface area (TPSA) is 196 Å². The van der Waals surface area contributed by atoms with Crippen LogP contribution in [0.2, 0.25) is 0 Å². The number of aliphatic hydroxyl groups is 1. The second kappa shape index (κ2) is 18.1. The van der Waals surface area contributed by atoms with Crippen LogP contribution in [0.4, 0.5) is 4.79 Å². The number of aromatic amines is 2. The zero-order valence-corrected chi connectivity index (χ0v) is 37.9. The van der Waals surface area contributed by atoms with Gasteiger partial charge >= 0.3 is 6.09 Å². The molecule has 0 radical (unpaired) electrons. The predicted molar refractivity (Wildman–Crippen MR) is 246 cm³/mol. The molecule has 5 N–H and O–H groups in total. The first kappa shape index (κ1) is 44.1. The van der Waals surface area contributed by atoms with E-state index in [1.165, 1.54) is 14.2 Å². The molecule has 5 heterocycles. The Kier molecular flexibility index (Phi) is 12.3. The third-order valence-electron chi connectivity index (χ3n) is 13.3. The van der Waals surface area contributed by atoms with Crippen LogP contribution in [0.1, 0.15) is 76.3 Å². The summed E-state index contributed by atoms with van der Waals surface area (Å²) in [6.07, 6.45) is 0.397. The van der Waals surface area contributed by atoms with E-state index < -0.39 is 24.6 Å². The number of methoxy groups -OCH3 is 3. The number of imidazole rings is 2.